The maximum atomic E-state index is 10.8. The lowest BCUT2D eigenvalue weighted by Gasteiger charge is -2.04. The monoisotopic (exact) mass is 233 g/mol. The second-order valence-electron chi connectivity index (χ2n) is 3.18. The Morgan fingerprint density at radius 2 is 2.33 bits per heavy atom. The van der Waals surface area contributed by atoms with E-state index in [-0.39, 0.29) is 23.5 Å². The number of nitrogens with zero attached hydrogens (tertiary/aromatic N) is 1. The van der Waals surface area contributed by atoms with Crippen molar-refractivity contribution >= 4 is 18.8 Å². The topological polar surface area (TPSA) is 129 Å². The molecule has 0 aliphatic heterocycles. The molecule has 0 aliphatic carbocycles. The van der Waals surface area contributed by atoms with Crippen molar-refractivity contribution in [1.82, 2.24) is 9.97 Å². The van der Waals surface area contributed by atoms with Crippen LogP contribution >= 0.6 is 7.60 Å². The van der Waals surface area contributed by atoms with Crippen molar-refractivity contribution in [2.24, 2.45) is 5.73 Å². The van der Waals surface area contributed by atoms with Gasteiger partial charge < -0.3 is 20.5 Å². The van der Waals surface area contributed by atoms with Crippen LogP contribution in [0, 0.1) is 0 Å². The summed E-state index contributed by atoms with van der Waals surface area (Å²) in [7, 11) is -4.31. The fourth-order valence-corrected chi connectivity index (χ4v) is 1.44. The van der Waals surface area contributed by atoms with Crippen molar-refractivity contribution in [2.75, 3.05) is 0 Å². The van der Waals surface area contributed by atoms with Crippen molar-refractivity contribution in [2.45, 2.75) is 19.4 Å². The number of ketones is 1. The summed E-state index contributed by atoms with van der Waals surface area (Å²) < 4.78 is 10.8. The molecule has 7 nitrogen and oxygen atoms in total. The maximum Gasteiger partial charge on any atom is 0.373 e. The highest BCUT2D eigenvalue weighted by atomic mass is 31.2. The van der Waals surface area contributed by atoms with E-state index in [1.165, 1.54) is 6.92 Å². The molecule has 0 unspecified atom stereocenters. The molecule has 1 rings (SSSR count). The number of nitrogens with two attached hydrogens (primary N) is 1. The van der Waals surface area contributed by atoms with Crippen molar-refractivity contribution in [3.05, 3.63) is 12.0 Å². The predicted molar refractivity (Wildman–Crippen MR) is 52.6 cm³/mol. The van der Waals surface area contributed by atoms with Gasteiger partial charge in [0.25, 0.3) is 0 Å². The van der Waals surface area contributed by atoms with Crippen LogP contribution in [0.4, 0.5) is 0 Å². The second kappa shape index (κ2) is 4.24. The molecule has 1 aromatic heterocycles. The van der Waals surface area contributed by atoms with Crippen LogP contribution in [0.25, 0.3) is 0 Å². The molecule has 84 valence electrons. The minimum absolute atomic E-state index is 0.134. The molecule has 1 aromatic rings. The van der Waals surface area contributed by atoms with E-state index in [4.69, 9.17) is 15.5 Å². The van der Waals surface area contributed by atoms with Crippen LogP contribution in [-0.4, -0.2) is 31.6 Å². The molecule has 0 bridgehead atoms. The number of hydrogen-bond acceptors (Lipinski definition) is 4. The number of hydrogen-bond donors (Lipinski definition) is 4. The lowest BCUT2D eigenvalue weighted by molar-refractivity contribution is -0.118. The molecular formula is C7H12N3O4P. The molecule has 0 saturated carbocycles. The van der Waals surface area contributed by atoms with Crippen LogP contribution in [0.2, 0.25) is 0 Å². The van der Waals surface area contributed by atoms with E-state index in [9.17, 15) is 9.36 Å². The number of imidazole rings is 1. The van der Waals surface area contributed by atoms with Gasteiger partial charge in [0.15, 0.2) is 0 Å². The maximum absolute atomic E-state index is 10.8. The average Bonchev–Trinajstić information content (AvgIpc) is 2.51. The summed E-state index contributed by atoms with van der Waals surface area (Å²) in [5.41, 5.74) is 5.19. The van der Waals surface area contributed by atoms with Gasteiger partial charge in [0, 0.05) is 6.42 Å². The molecular weight excluding hydrogens is 221 g/mol. The molecule has 0 fully saturated rings. The van der Waals surface area contributed by atoms with Crippen molar-refractivity contribution in [3.63, 3.8) is 0 Å². The first-order chi connectivity index (χ1) is 6.80. The number of nitrogens with one attached hydrogen (secondary N) is 1. The van der Waals surface area contributed by atoms with Gasteiger partial charge in [-0.15, -0.1) is 0 Å². The first kappa shape index (κ1) is 12.1. The molecule has 0 spiro atoms. The summed E-state index contributed by atoms with van der Waals surface area (Å²) in [6, 6.07) is -0.708. The fourth-order valence-electron chi connectivity index (χ4n) is 0.955. The van der Waals surface area contributed by atoms with Gasteiger partial charge in [-0.3, -0.25) is 9.36 Å². The normalized spacial score (nSPS) is 13.9. The van der Waals surface area contributed by atoms with Crippen molar-refractivity contribution in [3.8, 4) is 0 Å². The summed E-state index contributed by atoms with van der Waals surface area (Å²) in [6.45, 7) is 1.34. The van der Waals surface area contributed by atoms with Gasteiger partial charge in [0.1, 0.15) is 17.0 Å². The molecule has 15 heavy (non-hydrogen) atoms. The molecule has 0 radical (unpaired) electrons. The Labute approximate surface area is 85.9 Å². The Hall–Kier alpha value is -1.01. The molecule has 0 saturated heterocycles. The lowest BCUT2D eigenvalue weighted by atomic mass is 10.1. The van der Waals surface area contributed by atoms with Crippen molar-refractivity contribution < 1.29 is 19.1 Å². The van der Waals surface area contributed by atoms with E-state index in [1.54, 1.807) is 0 Å². The number of aromatic amines is 1. The van der Waals surface area contributed by atoms with Gasteiger partial charge in [-0.2, -0.15) is 0 Å². The summed E-state index contributed by atoms with van der Waals surface area (Å²) in [5.74, 6) is 0.0835. The van der Waals surface area contributed by atoms with Gasteiger partial charge in [-0.05, 0) is 6.92 Å². The molecule has 8 heteroatoms. The zero-order chi connectivity index (χ0) is 11.6. The molecule has 0 aliphatic rings. The fraction of sp³-hybridized carbons (Fsp3) is 0.429. The minimum Gasteiger partial charge on any atom is -0.336 e. The van der Waals surface area contributed by atoms with Crippen LogP contribution < -0.4 is 11.2 Å². The van der Waals surface area contributed by atoms with E-state index in [1.807, 2.05) is 0 Å². The summed E-state index contributed by atoms with van der Waals surface area (Å²) in [5, 5.41) is 0. The second-order valence-corrected chi connectivity index (χ2v) is 4.75. The Morgan fingerprint density at radius 1 is 1.73 bits per heavy atom. The van der Waals surface area contributed by atoms with E-state index in [0.717, 1.165) is 6.20 Å². The van der Waals surface area contributed by atoms with Gasteiger partial charge in [-0.1, -0.05) is 0 Å². The van der Waals surface area contributed by atoms with E-state index >= 15 is 0 Å². The summed E-state index contributed by atoms with van der Waals surface area (Å²) >= 11 is 0. The quantitative estimate of drug-likeness (QED) is 0.477. The number of rotatable bonds is 4. The van der Waals surface area contributed by atoms with E-state index in [0.29, 0.717) is 0 Å². The highest BCUT2D eigenvalue weighted by molar-refractivity contribution is 7.60. The van der Waals surface area contributed by atoms with Crippen LogP contribution in [0.15, 0.2) is 6.20 Å². The van der Waals surface area contributed by atoms with Crippen LogP contribution in [0.3, 0.4) is 0 Å². The van der Waals surface area contributed by atoms with Crippen LogP contribution in [0.5, 0.6) is 0 Å². The Bertz CT molecular complexity index is 410. The summed E-state index contributed by atoms with van der Waals surface area (Å²) in [4.78, 5) is 34.6. The smallest absolute Gasteiger partial charge is 0.336 e. The number of aromatic nitrogens is 2. The number of H-pyrrole nitrogens is 1. The Balaban J connectivity index is 2.78. The third-order valence-corrected chi connectivity index (χ3v) is 2.72. The largest absolute Gasteiger partial charge is 0.373 e. The highest BCUT2D eigenvalue weighted by Crippen LogP contribution is 2.31. The van der Waals surface area contributed by atoms with Gasteiger partial charge >= 0.3 is 7.60 Å². The summed E-state index contributed by atoms with van der Waals surface area (Å²) in [6.07, 6.45) is 1.18. The Morgan fingerprint density at radius 3 is 2.73 bits per heavy atom. The first-order valence-electron chi connectivity index (χ1n) is 4.16. The predicted octanol–water partition coefficient (Wildman–Crippen LogP) is -1.33. The SMILES string of the molecule is CC(=O)[C@@H](N)Cc1ncc(P(=O)(O)O)[nH]1. The lowest BCUT2D eigenvalue weighted by Crippen LogP contribution is -2.31. The van der Waals surface area contributed by atoms with Crippen LogP contribution in [-0.2, 0) is 15.8 Å². The Kier molecular flexibility index (Phi) is 3.41. The minimum atomic E-state index is -4.31. The van der Waals surface area contributed by atoms with Gasteiger partial charge in [0.2, 0.25) is 0 Å². The first-order valence-corrected chi connectivity index (χ1v) is 5.78. The third-order valence-electron chi connectivity index (χ3n) is 1.86. The molecule has 1 atom stereocenters. The third kappa shape index (κ3) is 3.24. The standard InChI is InChI=1S/C7H12N3O4P/c1-4(11)5(8)2-6-9-3-7(10-6)15(12,13)14/h3,5H,2,8H2,1H3,(H,9,10)(H2,12,13,14)/t5-/m0/s1. The molecule has 0 amide bonds. The van der Waals surface area contributed by atoms with Crippen molar-refractivity contribution in [1.29, 1.82) is 0 Å². The number of Topliss-reactive ketones (excluding diaryl/α,β-unsaturated/α-hetero) is 1. The van der Waals surface area contributed by atoms with Gasteiger partial charge in [0.05, 0.1) is 12.2 Å². The van der Waals surface area contributed by atoms with E-state index < -0.39 is 13.6 Å². The average molecular weight is 233 g/mol. The molecule has 1 heterocycles. The number of carbonyl (C=O) groups excluding carboxylic acids is 1. The zero-order valence-corrected chi connectivity index (χ0v) is 8.94. The van der Waals surface area contributed by atoms with Gasteiger partial charge in [-0.25, -0.2) is 4.98 Å². The zero-order valence-electron chi connectivity index (χ0n) is 8.04. The van der Waals surface area contributed by atoms with Crippen LogP contribution in [0.1, 0.15) is 12.7 Å². The molecule has 5 N–H and O–H groups in total. The van der Waals surface area contributed by atoms with E-state index in [2.05, 4.69) is 9.97 Å². The molecule has 0 aromatic carbocycles. The number of carbonyl (C=O) groups is 1. The highest BCUT2D eigenvalue weighted by Gasteiger charge is 2.21.